The first kappa shape index (κ1) is 30.0. The van der Waals surface area contributed by atoms with Crippen molar-refractivity contribution in [2.75, 3.05) is 11.4 Å². The van der Waals surface area contributed by atoms with Gasteiger partial charge in [-0.1, -0.05) is 0 Å². The highest BCUT2D eigenvalue weighted by Gasteiger charge is 2.58. The van der Waals surface area contributed by atoms with Gasteiger partial charge in [0.25, 0.3) is 5.91 Å². The molecule has 2 heterocycles. The largest absolute Gasteiger partial charge is 0.445 e. The van der Waals surface area contributed by atoms with Gasteiger partial charge in [0.05, 0.1) is 23.0 Å². The molecule has 3 aromatic rings. The van der Waals surface area contributed by atoms with Crippen molar-refractivity contribution >= 4 is 24.0 Å². The number of carbonyl (C=O) groups is 1. The summed E-state index contributed by atoms with van der Waals surface area (Å²) in [5.74, 6) is -5.02. The number of hydrogen-bond acceptors (Lipinski definition) is 5. The summed E-state index contributed by atoms with van der Waals surface area (Å²) in [6.45, 7) is -0.0827. The van der Waals surface area contributed by atoms with E-state index in [0.29, 0.717) is 36.8 Å². The van der Waals surface area contributed by atoms with Crippen LogP contribution in [-0.4, -0.2) is 34.6 Å². The van der Waals surface area contributed by atoms with Crippen LogP contribution in [0.4, 0.5) is 32.0 Å². The standard InChI is InChI=1S/C30H27F6N3O3.ClH/c31-18-11-21(32)25(22(33)12-18)29(41)24-20(30(34,35)36)9-17(27-37-5-6-42-27)10-23(24)39(28(29)40)13-14-7-19(8-14)38-26(15-1-2-15)16-3-4-16;/h5-6,9-12,14-16,19,26,38,41H,1-4,7-8,13H2;1H. The first-order valence-corrected chi connectivity index (χ1v) is 14.1. The molecule has 0 radical (unpaired) electrons. The van der Waals surface area contributed by atoms with E-state index in [1.165, 1.54) is 37.9 Å². The Kier molecular flexibility index (Phi) is 7.33. The molecular formula is C30H28ClF6N3O3. The van der Waals surface area contributed by atoms with E-state index in [-0.39, 0.29) is 60.2 Å². The molecule has 3 aliphatic carbocycles. The lowest BCUT2D eigenvalue weighted by Crippen LogP contribution is -2.52. The summed E-state index contributed by atoms with van der Waals surface area (Å²) < 4.78 is 92.7. The molecule has 6 nitrogen and oxygen atoms in total. The molecule has 0 saturated heterocycles. The molecule has 0 spiro atoms. The van der Waals surface area contributed by atoms with Crippen molar-refractivity contribution in [3.05, 3.63) is 70.9 Å². The number of aliphatic hydroxyl groups is 1. The van der Waals surface area contributed by atoms with E-state index in [0.717, 1.165) is 11.2 Å². The van der Waals surface area contributed by atoms with Crippen molar-refractivity contribution in [2.45, 2.75) is 62.4 Å². The van der Waals surface area contributed by atoms with E-state index in [1.54, 1.807) is 0 Å². The van der Waals surface area contributed by atoms with Gasteiger partial charge in [-0.3, -0.25) is 4.79 Å². The molecular weight excluding hydrogens is 600 g/mol. The summed E-state index contributed by atoms with van der Waals surface area (Å²) >= 11 is 0. The van der Waals surface area contributed by atoms with Crippen LogP contribution in [0.25, 0.3) is 11.5 Å². The van der Waals surface area contributed by atoms with Gasteiger partial charge in [-0.25, -0.2) is 18.2 Å². The predicted octanol–water partition coefficient (Wildman–Crippen LogP) is 6.34. The Morgan fingerprint density at radius 2 is 1.65 bits per heavy atom. The molecule has 3 saturated carbocycles. The van der Waals surface area contributed by atoms with Gasteiger partial charge in [0.2, 0.25) is 11.5 Å². The minimum atomic E-state index is -5.16. The molecule has 7 rings (SSSR count). The average molecular weight is 628 g/mol. The van der Waals surface area contributed by atoms with Crippen LogP contribution in [0, 0.1) is 35.2 Å². The quantitative estimate of drug-likeness (QED) is 0.285. The highest BCUT2D eigenvalue weighted by molar-refractivity contribution is 6.10. The van der Waals surface area contributed by atoms with Gasteiger partial charge in [-0.15, -0.1) is 12.4 Å². The fraction of sp³-hybridized carbons (Fsp3) is 0.467. The fourth-order valence-corrected chi connectivity index (χ4v) is 6.76. The molecule has 1 atom stereocenters. The second-order valence-corrected chi connectivity index (χ2v) is 12.0. The third kappa shape index (κ3) is 5.10. The van der Waals surface area contributed by atoms with Gasteiger partial charge in [-0.05, 0) is 68.4 Å². The Labute approximate surface area is 248 Å². The van der Waals surface area contributed by atoms with Crippen LogP contribution in [0.2, 0.25) is 0 Å². The van der Waals surface area contributed by atoms with E-state index < -0.39 is 51.8 Å². The smallest absolute Gasteiger partial charge is 0.416 e. The molecule has 13 heteroatoms. The van der Waals surface area contributed by atoms with E-state index in [4.69, 9.17) is 4.42 Å². The van der Waals surface area contributed by atoms with Crippen LogP contribution in [-0.2, 0) is 16.6 Å². The van der Waals surface area contributed by atoms with Crippen molar-refractivity contribution in [3.8, 4) is 11.5 Å². The second-order valence-electron chi connectivity index (χ2n) is 12.0. The number of halogens is 7. The van der Waals surface area contributed by atoms with Crippen molar-refractivity contribution < 1.29 is 40.7 Å². The van der Waals surface area contributed by atoms with Gasteiger partial charge in [0.1, 0.15) is 23.7 Å². The number of oxazole rings is 1. The number of nitrogens with zero attached hydrogens (tertiary/aromatic N) is 2. The Balaban J connectivity index is 0.00000329. The van der Waals surface area contributed by atoms with Crippen LogP contribution >= 0.6 is 12.4 Å². The van der Waals surface area contributed by atoms with Crippen LogP contribution in [0.15, 0.2) is 41.1 Å². The van der Waals surface area contributed by atoms with E-state index in [2.05, 4.69) is 10.3 Å². The van der Waals surface area contributed by atoms with Crippen LogP contribution in [0.1, 0.15) is 55.2 Å². The van der Waals surface area contributed by atoms with Gasteiger partial charge in [0, 0.05) is 41.9 Å². The lowest BCUT2D eigenvalue weighted by atomic mass is 9.79. The number of aromatic nitrogens is 1. The van der Waals surface area contributed by atoms with Gasteiger partial charge in [0.15, 0.2) is 0 Å². The molecule has 1 unspecified atom stereocenters. The highest BCUT2D eigenvalue weighted by Crippen LogP contribution is 2.53. The molecule has 4 aliphatic rings. The zero-order chi connectivity index (χ0) is 29.6. The molecule has 2 aromatic carbocycles. The third-order valence-corrected chi connectivity index (χ3v) is 9.04. The van der Waals surface area contributed by atoms with Crippen molar-refractivity contribution in [1.82, 2.24) is 10.3 Å². The minimum absolute atomic E-state index is 0. The number of fused-ring (bicyclic) bond motifs is 1. The zero-order valence-electron chi connectivity index (χ0n) is 22.6. The van der Waals surface area contributed by atoms with Gasteiger partial charge < -0.3 is 19.7 Å². The van der Waals surface area contributed by atoms with E-state index >= 15 is 8.78 Å². The Bertz CT molecular complexity index is 1520. The number of carbonyl (C=O) groups excluding carboxylic acids is 1. The molecule has 0 bridgehead atoms. The molecule has 1 amide bonds. The fourth-order valence-electron chi connectivity index (χ4n) is 6.76. The average Bonchev–Trinajstić information content (AvgIpc) is 3.83. The maximum atomic E-state index is 15.1. The Morgan fingerprint density at radius 3 is 2.19 bits per heavy atom. The lowest BCUT2D eigenvalue weighted by molar-refractivity contribution is -0.142. The molecule has 2 N–H and O–H groups in total. The summed E-state index contributed by atoms with van der Waals surface area (Å²) in [6, 6.07) is 2.89. The summed E-state index contributed by atoms with van der Waals surface area (Å²) in [5, 5.41) is 15.5. The third-order valence-electron chi connectivity index (χ3n) is 9.04. The molecule has 1 aliphatic heterocycles. The number of amides is 1. The highest BCUT2D eigenvalue weighted by atomic mass is 35.5. The molecule has 3 fully saturated rings. The number of alkyl halides is 3. The van der Waals surface area contributed by atoms with Crippen LogP contribution in [0.3, 0.4) is 0 Å². The topological polar surface area (TPSA) is 78.6 Å². The summed E-state index contributed by atoms with van der Waals surface area (Å²) in [5.41, 5.74) is -7.77. The van der Waals surface area contributed by atoms with E-state index in [1.807, 2.05) is 0 Å². The number of nitrogens with one attached hydrogen (secondary N) is 1. The van der Waals surface area contributed by atoms with E-state index in [9.17, 15) is 27.5 Å². The number of benzene rings is 2. The lowest BCUT2D eigenvalue weighted by Gasteiger charge is -2.40. The first-order chi connectivity index (χ1) is 19.9. The molecule has 1 aromatic heterocycles. The SMILES string of the molecule is Cl.O=C1N(CC2CC(NC(C3CC3)C3CC3)C2)c2cc(-c3ncco3)cc(C(F)(F)F)c2C1(O)c1c(F)cc(F)cc1F. The summed E-state index contributed by atoms with van der Waals surface area (Å²) in [4.78, 5) is 18.8. The predicted molar refractivity (Wildman–Crippen MR) is 145 cm³/mol. The second kappa shape index (κ2) is 10.5. The maximum absolute atomic E-state index is 15.1. The first-order valence-electron chi connectivity index (χ1n) is 14.1. The number of anilines is 1. The number of rotatable bonds is 8. The van der Waals surface area contributed by atoms with Crippen molar-refractivity contribution in [3.63, 3.8) is 0 Å². The molecule has 43 heavy (non-hydrogen) atoms. The maximum Gasteiger partial charge on any atom is 0.416 e. The van der Waals surface area contributed by atoms with Crippen LogP contribution in [0.5, 0.6) is 0 Å². The number of hydrogen-bond donors (Lipinski definition) is 2. The normalized spacial score (nSPS) is 25.1. The Morgan fingerprint density at radius 1 is 1.02 bits per heavy atom. The summed E-state index contributed by atoms with van der Waals surface area (Å²) in [6.07, 6.45) is 3.35. The van der Waals surface area contributed by atoms with Gasteiger partial charge >= 0.3 is 6.18 Å². The van der Waals surface area contributed by atoms with Crippen molar-refractivity contribution in [2.24, 2.45) is 17.8 Å². The van der Waals surface area contributed by atoms with Crippen LogP contribution < -0.4 is 10.2 Å². The van der Waals surface area contributed by atoms with Gasteiger partial charge in [-0.2, -0.15) is 13.2 Å². The Hall–Kier alpha value is -3.09. The zero-order valence-corrected chi connectivity index (χ0v) is 23.5. The monoisotopic (exact) mass is 627 g/mol. The molecule has 230 valence electrons. The minimum Gasteiger partial charge on any atom is -0.445 e. The van der Waals surface area contributed by atoms with Crippen molar-refractivity contribution in [1.29, 1.82) is 0 Å². The summed E-state index contributed by atoms with van der Waals surface area (Å²) in [7, 11) is 0.